The lowest BCUT2D eigenvalue weighted by Gasteiger charge is -2.32. The third kappa shape index (κ3) is 5.18. The van der Waals surface area contributed by atoms with E-state index in [9.17, 15) is 0 Å². The summed E-state index contributed by atoms with van der Waals surface area (Å²) in [6.07, 6.45) is 2.51. The molecule has 2 fully saturated rings. The van der Waals surface area contributed by atoms with Crippen molar-refractivity contribution in [3.63, 3.8) is 0 Å². The molecule has 162 valence electrons. The van der Waals surface area contributed by atoms with Gasteiger partial charge in [-0.15, -0.1) is 0 Å². The van der Waals surface area contributed by atoms with E-state index in [2.05, 4.69) is 63.9 Å². The van der Waals surface area contributed by atoms with Crippen molar-refractivity contribution in [2.45, 2.75) is 57.7 Å². The molecule has 0 bridgehead atoms. The summed E-state index contributed by atoms with van der Waals surface area (Å²) in [6.45, 7) is 10.8. The maximum atomic E-state index is 6.12. The molecular formula is C24H36BN3O2. The first-order chi connectivity index (χ1) is 14.1. The number of likely N-dealkylation sites (tertiary alicyclic amines) is 1. The highest BCUT2D eigenvalue weighted by atomic mass is 16.7. The molecule has 2 heterocycles. The zero-order valence-corrected chi connectivity index (χ0v) is 19.0. The third-order valence-corrected chi connectivity index (χ3v) is 6.65. The Bertz CT molecular complexity index is 794. The number of piperidine rings is 1. The second-order valence-corrected chi connectivity index (χ2v) is 9.46. The molecule has 0 spiro atoms. The van der Waals surface area contributed by atoms with Crippen molar-refractivity contribution in [1.29, 1.82) is 0 Å². The van der Waals surface area contributed by atoms with Crippen LogP contribution in [0.3, 0.4) is 0 Å². The minimum Gasteiger partial charge on any atom is -0.399 e. The van der Waals surface area contributed by atoms with Gasteiger partial charge in [0.1, 0.15) is 0 Å². The lowest BCUT2D eigenvalue weighted by atomic mass is 9.77. The van der Waals surface area contributed by atoms with Crippen LogP contribution in [-0.2, 0) is 9.31 Å². The smallest absolute Gasteiger partial charge is 0.399 e. The predicted molar refractivity (Wildman–Crippen MR) is 127 cm³/mol. The van der Waals surface area contributed by atoms with E-state index in [0.717, 1.165) is 5.46 Å². The first-order valence-electron chi connectivity index (χ1n) is 10.8. The van der Waals surface area contributed by atoms with Crippen LogP contribution in [0.4, 0.5) is 11.4 Å². The fourth-order valence-corrected chi connectivity index (χ4v) is 3.76. The molecule has 0 atom stereocenters. The van der Waals surface area contributed by atoms with Crippen molar-refractivity contribution >= 4 is 24.0 Å². The monoisotopic (exact) mass is 409 g/mol. The van der Waals surface area contributed by atoms with Crippen molar-refractivity contribution in [3.8, 4) is 0 Å². The molecule has 0 radical (unpaired) electrons. The summed E-state index contributed by atoms with van der Waals surface area (Å²) < 4.78 is 12.2. The molecule has 2 aromatic rings. The summed E-state index contributed by atoms with van der Waals surface area (Å²) in [5.74, 6) is 0.698. The SMILES string of the molecule is CN1CCC(c2ccc(B3OC(C)(C)C(C)(C)O3)cc2)CC1.Nc1ccccc1N. The van der Waals surface area contributed by atoms with E-state index in [4.69, 9.17) is 20.8 Å². The quantitative estimate of drug-likeness (QED) is 0.585. The first kappa shape index (κ1) is 22.7. The fourth-order valence-electron chi connectivity index (χ4n) is 3.76. The molecule has 4 N–H and O–H groups in total. The van der Waals surface area contributed by atoms with Gasteiger partial charge >= 0.3 is 7.12 Å². The van der Waals surface area contributed by atoms with E-state index in [1.54, 1.807) is 12.1 Å². The summed E-state index contributed by atoms with van der Waals surface area (Å²) in [4.78, 5) is 2.41. The Morgan fingerprint density at radius 1 is 0.833 bits per heavy atom. The molecule has 4 rings (SSSR count). The van der Waals surface area contributed by atoms with E-state index in [1.165, 1.54) is 31.5 Å². The summed E-state index contributed by atoms with van der Waals surface area (Å²) >= 11 is 0. The highest BCUT2D eigenvalue weighted by Gasteiger charge is 2.51. The van der Waals surface area contributed by atoms with Gasteiger partial charge in [0.2, 0.25) is 0 Å². The average molecular weight is 409 g/mol. The number of benzene rings is 2. The largest absolute Gasteiger partial charge is 0.494 e. The third-order valence-electron chi connectivity index (χ3n) is 6.65. The van der Waals surface area contributed by atoms with Crippen LogP contribution in [0.1, 0.15) is 52.0 Å². The molecule has 6 heteroatoms. The van der Waals surface area contributed by atoms with E-state index < -0.39 is 0 Å². The standard InChI is InChI=1S/C18H28BNO2.C6H8N2/c1-17(2)18(3,4)22-19(21-17)16-8-6-14(7-9-16)15-10-12-20(5)13-11-15;7-5-3-1-2-4-6(5)8/h6-9,15H,10-13H2,1-5H3;1-4H,7-8H2. The van der Waals surface area contributed by atoms with Crippen molar-refractivity contribution in [2.75, 3.05) is 31.6 Å². The van der Waals surface area contributed by atoms with Crippen LogP contribution < -0.4 is 16.9 Å². The van der Waals surface area contributed by atoms with Crippen LogP contribution >= 0.6 is 0 Å². The minimum absolute atomic E-state index is 0.253. The molecule has 0 amide bonds. The van der Waals surface area contributed by atoms with Crippen LogP contribution in [0.5, 0.6) is 0 Å². The zero-order valence-electron chi connectivity index (χ0n) is 19.0. The van der Waals surface area contributed by atoms with Crippen LogP contribution in [0, 0.1) is 0 Å². The lowest BCUT2D eigenvalue weighted by molar-refractivity contribution is 0.00578. The maximum Gasteiger partial charge on any atom is 0.494 e. The van der Waals surface area contributed by atoms with Gasteiger partial charge in [-0.25, -0.2) is 0 Å². The Balaban J connectivity index is 0.000000269. The lowest BCUT2D eigenvalue weighted by Crippen LogP contribution is -2.41. The molecule has 30 heavy (non-hydrogen) atoms. The highest BCUT2D eigenvalue weighted by molar-refractivity contribution is 6.62. The number of hydrogen-bond acceptors (Lipinski definition) is 5. The van der Waals surface area contributed by atoms with Crippen molar-refractivity contribution in [2.24, 2.45) is 0 Å². The second-order valence-electron chi connectivity index (χ2n) is 9.46. The Kier molecular flexibility index (Phi) is 6.80. The van der Waals surface area contributed by atoms with E-state index in [0.29, 0.717) is 17.3 Å². The summed E-state index contributed by atoms with van der Waals surface area (Å²) in [6, 6.07) is 16.1. The van der Waals surface area contributed by atoms with Crippen LogP contribution in [0.2, 0.25) is 0 Å². The summed E-state index contributed by atoms with van der Waals surface area (Å²) in [7, 11) is 1.95. The van der Waals surface area contributed by atoms with Crippen LogP contribution in [0.25, 0.3) is 0 Å². The van der Waals surface area contributed by atoms with E-state index in [1.807, 2.05) is 12.1 Å². The van der Waals surface area contributed by atoms with E-state index in [-0.39, 0.29) is 18.3 Å². The van der Waals surface area contributed by atoms with Gasteiger partial charge in [-0.3, -0.25) is 0 Å². The number of anilines is 2. The van der Waals surface area contributed by atoms with Gasteiger partial charge < -0.3 is 25.7 Å². The minimum atomic E-state index is -0.274. The van der Waals surface area contributed by atoms with Gasteiger partial charge in [-0.05, 0) is 89.8 Å². The van der Waals surface area contributed by atoms with Crippen LogP contribution in [0.15, 0.2) is 48.5 Å². The number of nitrogen functional groups attached to an aromatic ring is 2. The Labute approximate surface area is 181 Å². The molecule has 0 unspecified atom stereocenters. The maximum absolute atomic E-state index is 6.12. The topological polar surface area (TPSA) is 73.7 Å². The van der Waals surface area contributed by atoms with Gasteiger partial charge in [0.25, 0.3) is 0 Å². The Morgan fingerprint density at radius 3 is 1.73 bits per heavy atom. The fraction of sp³-hybridized carbons (Fsp3) is 0.500. The number of para-hydroxylation sites is 2. The van der Waals surface area contributed by atoms with Gasteiger partial charge in [0.05, 0.1) is 22.6 Å². The van der Waals surface area contributed by atoms with Crippen LogP contribution in [-0.4, -0.2) is 43.4 Å². The Hall–Kier alpha value is -2.02. The van der Waals surface area contributed by atoms with Crippen molar-refractivity contribution < 1.29 is 9.31 Å². The second kappa shape index (κ2) is 9.00. The number of nitrogens with zero attached hydrogens (tertiary/aromatic N) is 1. The molecule has 2 saturated heterocycles. The van der Waals surface area contributed by atoms with Crippen molar-refractivity contribution in [1.82, 2.24) is 4.90 Å². The van der Waals surface area contributed by atoms with Crippen molar-refractivity contribution in [3.05, 3.63) is 54.1 Å². The number of nitrogens with two attached hydrogens (primary N) is 2. The van der Waals surface area contributed by atoms with Gasteiger partial charge in [0.15, 0.2) is 0 Å². The summed E-state index contributed by atoms with van der Waals surface area (Å²) in [5, 5.41) is 0. The Morgan fingerprint density at radius 2 is 1.30 bits per heavy atom. The van der Waals surface area contributed by atoms with Gasteiger partial charge in [-0.2, -0.15) is 0 Å². The molecule has 2 aliphatic rings. The predicted octanol–water partition coefficient (Wildman–Crippen LogP) is 3.65. The summed E-state index contributed by atoms with van der Waals surface area (Å²) in [5.41, 5.74) is 14.1. The highest BCUT2D eigenvalue weighted by Crippen LogP contribution is 2.36. The number of hydrogen-bond donors (Lipinski definition) is 2. The number of rotatable bonds is 2. The molecule has 0 aliphatic carbocycles. The first-order valence-corrected chi connectivity index (χ1v) is 10.8. The zero-order chi connectivity index (χ0) is 21.9. The molecular weight excluding hydrogens is 373 g/mol. The van der Waals surface area contributed by atoms with Gasteiger partial charge in [-0.1, -0.05) is 36.4 Å². The van der Waals surface area contributed by atoms with Gasteiger partial charge in [0, 0.05) is 0 Å². The molecule has 5 nitrogen and oxygen atoms in total. The normalized spacial score (nSPS) is 21.2. The molecule has 0 saturated carbocycles. The molecule has 0 aromatic heterocycles. The molecule has 2 aromatic carbocycles. The average Bonchev–Trinajstić information content (AvgIpc) is 2.93. The molecule has 2 aliphatic heterocycles. The van der Waals surface area contributed by atoms with E-state index >= 15 is 0 Å².